The number of rotatable bonds is 5. The first kappa shape index (κ1) is 14.7. The quantitative estimate of drug-likeness (QED) is 0.911. The first-order chi connectivity index (χ1) is 9.56. The Morgan fingerprint density at radius 1 is 1.35 bits per heavy atom. The van der Waals surface area contributed by atoms with Gasteiger partial charge in [0.1, 0.15) is 17.5 Å². The molecule has 0 saturated carbocycles. The molecule has 2 aromatic rings. The average molecular weight is 279 g/mol. The smallest absolute Gasteiger partial charge is 0.134 e. The van der Waals surface area contributed by atoms with E-state index in [1.54, 1.807) is 23.9 Å². The second-order valence-corrected chi connectivity index (χ2v) is 4.88. The van der Waals surface area contributed by atoms with Gasteiger partial charge in [-0.25, -0.2) is 13.8 Å². The van der Waals surface area contributed by atoms with Gasteiger partial charge in [-0.2, -0.15) is 0 Å². The van der Waals surface area contributed by atoms with Gasteiger partial charge >= 0.3 is 0 Å². The third kappa shape index (κ3) is 2.72. The molecule has 0 aliphatic heterocycles. The van der Waals surface area contributed by atoms with E-state index < -0.39 is 17.7 Å². The van der Waals surface area contributed by atoms with Gasteiger partial charge in [0.05, 0.1) is 6.04 Å². The van der Waals surface area contributed by atoms with Crippen LogP contribution in [0.4, 0.5) is 8.78 Å². The maximum Gasteiger partial charge on any atom is 0.134 e. The SMILES string of the molecule is CCCNC(c1c(F)ccc(C)c1F)c1nccn1C. The van der Waals surface area contributed by atoms with Crippen molar-refractivity contribution >= 4 is 0 Å². The van der Waals surface area contributed by atoms with Crippen molar-refractivity contribution in [3.63, 3.8) is 0 Å². The second-order valence-electron chi connectivity index (χ2n) is 4.88. The molecule has 1 heterocycles. The summed E-state index contributed by atoms with van der Waals surface area (Å²) in [7, 11) is 1.81. The largest absolute Gasteiger partial charge is 0.336 e. The van der Waals surface area contributed by atoms with Gasteiger partial charge in [-0.3, -0.25) is 0 Å². The Morgan fingerprint density at radius 3 is 2.70 bits per heavy atom. The Balaban J connectivity index is 2.52. The van der Waals surface area contributed by atoms with Gasteiger partial charge < -0.3 is 9.88 Å². The Morgan fingerprint density at radius 2 is 2.10 bits per heavy atom. The molecule has 1 aromatic heterocycles. The number of imidazole rings is 1. The maximum atomic E-state index is 14.3. The van der Waals surface area contributed by atoms with Crippen LogP contribution in [0.1, 0.15) is 36.3 Å². The molecule has 1 unspecified atom stereocenters. The molecule has 1 aromatic carbocycles. The van der Waals surface area contributed by atoms with Crippen molar-refractivity contribution in [3.8, 4) is 0 Å². The molecule has 20 heavy (non-hydrogen) atoms. The first-order valence-electron chi connectivity index (χ1n) is 6.71. The highest BCUT2D eigenvalue weighted by Gasteiger charge is 2.25. The van der Waals surface area contributed by atoms with Crippen LogP contribution in [-0.2, 0) is 7.05 Å². The molecule has 108 valence electrons. The van der Waals surface area contributed by atoms with Crippen molar-refractivity contribution in [2.75, 3.05) is 6.54 Å². The van der Waals surface area contributed by atoms with Crippen molar-refractivity contribution in [2.45, 2.75) is 26.3 Å². The second kappa shape index (κ2) is 6.13. The van der Waals surface area contributed by atoms with E-state index in [0.717, 1.165) is 6.42 Å². The van der Waals surface area contributed by atoms with Crippen LogP contribution >= 0.6 is 0 Å². The molecule has 0 amide bonds. The number of aryl methyl sites for hydroxylation is 2. The molecule has 0 aliphatic carbocycles. The third-order valence-electron chi connectivity index (χ3n) is 3.32. The van der Waals surface area contributed by atoms with Crippen molar-refractivity contribution in [3.05, 3.63) is 53.1 Å². The third-order valence-corrected chi connectivity index (χ3v) is 3.32. The van der Waals surface area contributed by atoms with Gasteiger partial charge in [0.2, 0.25) is 0 Å². The van der Waals surface area contributed by atoms with Crippen LogP contribution in [0.2, 0.25) is 0 Å². The van der Waals surface area contributed by atoms with Crippen LogP contribution in [0.3, 0.4) is 0 Å². The fourth-order valence-electron chi connectivity index (χ4n) is 2.21. The van der Waals surface area contributed by atoms with Gasteiger partial charge in [-0.1, -0.05) is 13.0 Å². The summed E-state index contributed by atoms with van der Waals surface area (Å²) in [6, 6.07) is 2.16. The van der Waals surface area contributed by atoms with E-state index >= 15 is 0 Å². The summed E-state index contributed by atoms with van der Waals surface area (Å²) in [4.78, 5) is 4.22. The molecule has 0 saturated heterocycles. The highest BCUT2D eigenvalue weighted by Crippen LogP contribution is 2.27. The van der Waals surface area contributed by atoms with Crippen LogP contribution in [0, 0.1) is 18.6 Å². The zero-order chi connectivity index (χ0) is 14.7. The molecule has 3 nitrogen and oxygen atoms in total. The van der Waals surface area contributed by atoms with Crippen LogP contribution in [0.25, 0.3) is 0 Å². The Labute approximate surface area is 117 Å². The number of hydrogen-bond donors (Lipinski definition) is 1. The first-order valence-corrected chi connectivity index (χ1v) is 6.71. The van der Waals surface area contributed by atoms with Crippen molar-refractivity contribution in [2.24, 2.45) is 7.05 Å². The number of benzene rings is 1. The Kier molecular flexibility index (Phi) is 4.49. The van der Waals surface area contributed by atoms with Crippen LogP contribution in [-0.4, -0.2) is 16.1 Å². The Bertz CT molecular complexity index is 593. The normalized spacial score (nSPS) is 12.7. The fraction of sp³-hybridized carbons (Fsp3) is 0.400. The predicted octanol–water partition coefficient (Wildman–Crippen LogP) is 3.10. The summed E-state index contributed by atoms with van der Waals surface area (Å²) in [6.07, 6.45) is 4.26. The zero-order valence-electron chi connectivity index (χ0n) is 12.0. The molecule has 5 heteroatoms. The summed E-state index contributed by atoms with van der Waals surface area (Å²) in [5.41, 5.74) is 0.464. The topological polar surface area (TPSA) is 29.9 Å². The van der Waals surface area contributed by atoms with E-state index in [4.69, 9.17) is 0 Å². The molecule has 0 aliphatic rings. The molecule has 0 fully saturated rings. The molecule has 0 radical (unpaired) electrons. The lowest BCUT2D eigenvalue weighted by Gasteiger charge is -2.20. The lowest BCUT2D eigenvalue weighted by Crippen LogP contribution is -2.27. The number of aromatic nitrogens is 2. The minimum Gasteiger partial charge on any atom is -0.336 e. The molecule has 0 spiro atoms. The molecular formula is C15H19F2N3. The van der Waals surface area contributed by atoms with Crippen molar-refractivity contribution in [1.82, 2.24) is 14.9 Å². The molecule has 0 bridgehead atoms. The van der Waals surface area contributed by atoms with E-state index in [1.165, 1.54) is 12.1 Å². The van der Waals surface area contributed by atoms with Crippen LogP contribution < -0.4 is 5.32 Å². The molecule has 2 rings (SSSR count). The molecular weight excluding hydrogens is 260 g/mol. The van der Waals surface area contributed by atoms with E-state index in [2.05, 4.69) is 10.3 Å². The minimum absolute atomic E-state index is 0.0350. The number of halogens is 2. The fourth-order valence-corrected chi connectivity index (χ4v) is 2.21. The van der Waals surface area contributed by atoms with E-state index in [0.29, 0.717) is 17.9 Å². The highest BCUT2D eigenvalue weighted by molar-refractivity contribution is 5.33. The van der Waals surface area contributed by atoms with Gasteiger partial charge in [-0.15, -0.1) is 0 Å². The zero-order valence-corrected chi connectivity index (χ0v) is 12.0. The van der Waals surface area contributed by atoms with Gasteiger partial charge in [0, 0.05) is 25.0 Å². The van der Waals surface area contributed by atoms with Gasteiger partial charge in [-0.05, 0) is 31.5 Å². The minimum atomic E-state index is -0.588. The summed E-state index contributed by atoms with van der Waals surface area (Å²) in [6.45, 7) is 4.30. The summed E-state index contributed by atoms with van der Waals surface area (Å²) in [5.74, 6) is -0.465. The lowest BCUT2D eigenvalue weighted by atomic mass is 10.0. The van der Waals surface area contributed by atoms with Crippen molar-refractivity contribution < 1.29 is 8.78 Å². The summed E-state index contributed by atoms with van der Waals surface area (Å²) < 4.78 is 30.2. The Hall–Kier alpha value is -1.75. The number of hydrogen-bond acceptors (Lipinski definition) is 2. The predicted molar refractivity (Wildman–Crippen MR) is 74.4 cm³/mol. The van der Waals surface area contributed by atoms with E-state index in [-0.39, 0.29) is 5.56 Å². The maximum absolute atomic E-state index is 14.3. The lowest BCUT2D eigenvalue weighted by molar-refractivity contribution is 0.481. The van der Waals surface area contributed by atoms with E-state index in [1.807, 2.05) is 14.0 Å². The molecule has 1 atom stereocenters. The molecule has 1 N–H and O–H groups in total. The van der Waals surface area contributed by atoms with Gasteiger partial charge in [0.15, 0.2) is 0 Å². The monoisotopic (exact) mass is 279 g/mol. The van der Waals surface area contributed by atoms with Crippen molar-refractivity contribution in [1.29, 1.82) is 0 Å². The van der Waals surface area contributed by atoms with E-state index in [9.17, 15) is 8.78 Å². The standard InChI is InChI=1S/C15H19F2N3/c1-4-7-18-14(15-19-8-9-20(15)3)12-11(16)6-5-10(2)13(12)17/h5-6,8-9,14,18H,4,7H2,1-3H3. The van der Waals surface area contributed by atoms with Gasteiger partial charge in [0.25, 0.3) is 0 Å². The highest BCUT2D eigenvalue weighted by atomic mass is 19.1. The summed E-state index contributed by atoms with van der Waals surface area (Å²) >= 11 is 0. The van der Waals surface area contributed by atoms with Crippen LogP contribution in [0.5, 0.6) is 0 Å². The number of nitrogens with zero attached hydrogens (tertiary/aromatic N) is 2. The number of nitrogens with one attached hydrogen (secondary N) is 1. The van der Waals surface area contributed by atoms with Crippen LogP contribution in [0.15, 0.2) is 24.5 Å². The summed E-state index contributed by atoms with van der Waals surface area (Å²) in [5, 5.41) is 3.17. The average Bonchev–Trinajstić information content (AvgIpc) is 2.84.